The predicted molar refractivity (Wildman–Crippen MR) is 131 cm³/mol. The van der Waals surface area contributed by atoms with Crippen LogP contribution in [0.5, 0.6) is 0 Å². The molecule has 1 aliphatic heterocycles. The van der Waals surface area contributed by atoms with Crippen LogP contribution in [0, 0.1) is 0 Å². The van der Waals surface area contributed by atoms with Gasteiger partial charge >= 0.3 is 5.63 Å². The molecule has 0 spiro atoms. The first kappa shape index (κ1) is 22.0. The molecule has 1 saturated heterocycles. The van der Waals surface area contributed by atoms with E-state index < -0.39 is 0 Å². The lowest BCUT2D eigenvalue weighted by molar-refractivity contribution is 0.257. The second kappa shape index (κ2) is 9.97. The highest BCUT2D eigenvalue weighted by Gasteiger charge is 2.19. The molecule has 1 fully saturated rings. The number of piperazine rings is 1. The Morgan fingerprint density at radius 2 is 1.81 bits per heavy atom. The van der Waals surface area contributed by atoms with E-state index in [0.717, 1.165) is 73.5 Å². The minimum Gasteiger partial charge on any atom is -0.423 e. The maximum absolute atomic E-state index is 11.8. The summed E-state index contributed by atoms with van der Waals surface area (Å²) in [6.45, 7) is 5.72. The fourth-order valence-electron chi connectivity index (χ4n) is 4.19. The molecule has 7 nitrogen and oxygen atoms in total. The number of benzene rings is 1. The largest absolute Gasteiger partial charge is 0.423 e. The van der Waals surface area contributed by atoms with Crippen molar-refractivity contribution in [1.29, 1.82) is 0 Å². The summed E-state index contributed by atoms with van der Waals surface area (Å²) in [4.78, 5) is 25.7. The van der Waals surface area contributed by atoms with E-state index in [4.69, 9.17) is 4.42 Å². The number of pyridine rings is 2. The third-order valence-corrected chi connectivity index (χ3v) is 5.79. The Morgan fingerprint density at radius 1 is 0.969 bits per heavy atom. The van der Waals surface area contributed by atoms with Crippen molar-refractivity contribution in [2.24, 2.45) is 0 Å². The first-order chi connectivity index (χ1) is 15.3. The Kier molecular flexibility index (Phi) is 6.87. The first-order valence-electron chi connectivity index (χ1n) is 10.7. The summed E-state index contributed by atoms with van der Waals surface area (Å²) < 4.78 is 5.26. The molecule has 0 atom stereocenters. The highest BCUT2D eigenvalue weighted by Crippen LogP contribution is 2.23. The average Bonchev–Trinajstić information content (AvgIpc) is 2.82. The second-order valence-electron chi connectivity index (χ2n) is 7.79. The average molecular weight is 452 g/mol. The molecule has 4 heterocycles. The molecule has 1 N–H and O–H groups in total. The van der Waals surface area contributed by atoms with Gasteiger partial charge in [0.1, 0.15) is 11.1 Å². The molecule has 32 heavy (non-hydrogen) atoms. The molecular weight excluding hydrogens is 426 g/mol. The van der Waals surface area contributed by atoms with Crippen LogP contribution in [0.1, 0.15) is 6.42 Å². The molecule has 0 unspecified atom stereocenters. The van der Waals surface area contributed by atoms with Crippen molar-refractivity contribution in [2.75, 3.05) is 49.5 Å². The van der Waals surface area contributed by atoms with Crippen LogP contribution in [0.15, 0.2) is 70.1 Å². The van der Waals surface area contributed by atoms with Gasteiger partial charge in [0.25, 0.3) is 0 Å². The van der Waals surface area contributed by atoms with E-state index >= 15 is 0 Å². The van der Waals surface area contributed by atoms with Gasteiger partial charge in [0.05, 0.1) is 5.69 Å². The van der Waals surface area contributed by atoms with E-state index in [2.05, 4.69) is 31.2 Å². The lowest BCUT2D eigenvalue weighted by atomic mass is 10.2. The molecule has 1 aliphatic rings. The monoisotopic (exact) mass is 451 g/mol. The standard InChI is InChI=1S/C24H25N5O2.ClH/c30-22-17-20(19-6-1-2-7-21(19)31-22)25-10-4-12-28-13-15-29(16-14-28)24-23-18(8-11-27-24)5-3-9-26-23;/h1-3,5-9,11,17,25H,4,10,12-16H2;1H. The molecule has 5 rings (SSSR count). The highest BCUT2D eigenvalue weighted by molar-refractivity contribution is 5.89. The molecular formula is C24H26ClN5O2. The number of rotatable bonds is 6. The topological polar surface area (TPSA) is 74.5 Å². The Hall–Kier alpha value is -3.16. The van der Waals surface area contributed by atoms with E-state index in [1.54, 1.807) is 0 Å². The molecule has 0 amide bonds. The predicted octanol–water partition coefficient (Wildman–Crippen LogP) is 3.78. The zero-order valence-corrected chi connectivity index (χ0v) is 18.6. The molecule has 4 aromatic rings. The molecule has 1 aromatic carbocycles. The number of nitrogens with one attached hydrogen (secondary N) is 1. The fourth-order valence-corrected chi connectivity index (χ4v) is 4.19. The van der Waals surface area contributed by atoms with Crippen molar-refractivity contribution < 1.29 is 4.42 Å². The Morgan fingerprint density at radius 3 is 2.69 bits per heavy atom. The van der Waals surface area contributed by atoms with E-state index in [-0.39, 0.29) is 18.0 Å². The number of fused-ring (bicyclic) bond motifs is 2. The minimum absolute atomic E-state index is 0. The van der Waals surface area contributed by atoms with Gasteiger partial charge in [-0.1, -0.05) is 18.2 Å². The van der Waals surface area contributed by atoms with E-state index in [1.165, 1.54) is 6.07 Å². The van der Waals surface area contributed by atoms with Crippen LogP contribution in [0.2, 0.25) is 0 Å². The normalized spacial score (nSPS) is 14.4. The Bertz CT molecular complexity index is 1250. The maximum Gasteiger partial charge on any atom is 0.338 e. The van der Waals surface area contributed by atoms with Gasteiger partial charge in [0.15, 0.2) is 5.82 Å². The molecule has 0 saturated carbocycles. The van der Waals surface area contributed by atoms with Crippen LogP contribution < -0.4 is 15.8 Å². The van der Waals surface area contributed by atoms with Gasteiger partial charge in [-0.2, -0.15) is 0 Å². The number of para-hydroxylation sites is 1. The Labute approximate surface area is 192 Å². The third-order valence-electron chi connectivity index (χ3n) is 5.79. The number of anilines is 2. The summed E-state index contributed by atoms with van der Waals surface area (Å²) >= 11 is 0. The maximum atomic E-state index is 11.8. The van der Waals surface area contributed by atoms with Crippen LogP contribution >= 0.6 is 12.4 Å². The van der Waals surface area contributed by atoms with Crippen LogP contribution in [-0.4, -0.2) is 54.1 Å². The van der Waals surface area contributed by atoms with Gasteiger partial charge in [-0.05, 0) is 37.2 Å². The van der Waals surface area contributed by atoms with Crippen molar-refractivity contribution >= 4 is 45.8 Å². The van der Waals surface area contributed by atoms with Gasteiger partial charge in [-0.3, -0.25) is 9.88 Å². The quantitative estimate of drug-likeness (QED) is 0.353. The van der Waals surface area contributed by atoms with Gasteiger partial charge in [-0.25, -0.2) is 9.78 Å². The highest BCUT2D eigenvalue weighted by atomic mass is 35.5. The Balaban J connectivity index is 0.00000245. The fraction of sp³-hybridized carbons (Fsp3) is 0.292. The van der Waals surface area contributed by atoms with Crippen LogP contribution in [0.3, 0.4) is 0 Å². The van der Waals surface area contributed by atoms with Crippen molar-refractivity contribution in [3.8, 4) is 0 Å². The lowest BCUT2D eigenvalue weighted by Crippen LogP contribution is -2.47. The smallest absolute Gasteiger partial charge is 0.338 e. The van der Waals surface area contributed by atoms with Gasteiger partial charge in [0, 0.05) is 62.0 Å². The van der Waals surface area contributed by atoms with Crippen molar-refractivity contribution in [3.05, 3.63) is 71.3 Å². The number of hydrogen-bond donors (Lipinski definition) is 1. The molecule has 3 aromatic heterocycles. The summed E-state index contributed by atoms with van der Waals surface area (Å²) in [6.07, 6.45) is 4.70. The second-order valence-corrected chi connectivity index (χ2v) is 7.79. The van der Waals surface area contributed by atoms with Gasteiger partial charge < -0.3 is 14.6 Å². The van der Waals surface area contributed by atoms with Crippen molar-refractivity contribution in [3.63, 3.8) is 0 Å². The van der Waals surface area contributed by atoms with Crippen LogP contribution in [0.4, 0.5) is 11.5 Å². The molecule has 8 heteroatoms. The SMILES string of the molecule is Cl.O=c1cc(NCCCN2CCN(c3nccc4cccnc34)CC2)c2ccccc2o1. The lowest BCUT2D eigenvalue weighted by Gasteiger charge is -2.35. The van der Waals surface area contributed by atoms with Crippen molar-refractivity contribution in [1.82, 2.24) is 14.9 Å². The van der Waals surface area contributed by atoms with E-state index in [1.807, 2.05) is 48.8 Å². The summed E-state index contributed by atoms with van der Waals surface area (Å²) in [5.41, 5.74) is 2.10. The van der Waals surface area contributed by atoms with Crippen LogP contribution in [-0.2, 0) is 0 Å². The van der Waals surface area contributed by atoms with Gasteiger partial charge in [0.2, 0.25) is 0 Å². The van der Waals surface area contributed by atoms with Crippen molar-refractivity contribution in [2.45, 2.75) is 6.42 Å². The third kappa shape index (κ3) is 4.69. The number of nitrogens with zero attached hydrogens (tertiary/aromatic N) is 4. The van der Waals surface area contributed by atoms with Crippen LogP contribution in [0.25, 0.3) is 21.9 Å². The number of hydrogen-bond acceptors (Lipinski definition) is 7. The number of halogens is 1. The summed E-state index contributed by atoms with van der Waals surface area (Å²) in [5, 5.41) is 5.47. The summed E-state index contributed by atoms with van der Waals surface area (Å²) in [7, 11) is 0. The number of aromatic nitrogens is 2. The van der Waals surface area contributed by atoms with E-state index in [0.29, 0.717) is 5.58 Å². The molecule has 0 bridgehead atoms. The zero-order chi connectivity index (χ0) is 21.0. The van der Waals surface area contributed by atoms with Gasteiger partial charge in [-0.15, -0.1) is 12.4 Å². The molecule has 0 radical (unpaired) electrons. The minimum atomic E-state index is -0.325. The summed E-state index contributed by atoms with van der Waals surface area (Å²) in [6, 6.07) is 15.2. The first-order valence-corrected chi connectivity index (χ1v) is 10.7. The summed E-state index contributed by atoms with van der Waals surface area (Å²) in [5.74, 6) is 0.981. The molecule has 0 aliphatic carbocycles. The molecule has 166 valence electrons. The van der Waals surface area contributed by atoms with E-state index in [9.17, 15) is 4.79 Å². The zero-order valence-electron chi connectivity index (χ0n) is 17.7.